The highest BCUT2D eigenvalue weighted by atomic mass is 35.5. The molecule has 1 fully saturated rings. The van der Waals surface area contributed by atoms with Crippen molar-refractivity contribution >= 4 is 33.2 Å². The van der Waals surface area contributed by atoms with Gasteiger partial charge in [-0.25, -0.2) is 8.42 Å². The predicted octanol–water partition coefficient (Wildman–Crippen LogP) is 3.68. The molecule has 162 valence electrons. The van der Waals surface area contributed by atoms with Gasteiger partial charge in [0, 0.05) is 18.8 Å². The van der Waals surface area contributed by atoms with Crippen LogP contribution in [0.1, 0.15) is 25.3 Å². The third kappa shape index (κ3) is 5.31. The van der Waals surface area contributed by atoms with Crippen molar-refractivity contribution in [2.45, 2.75) is 37.4 Å². The first-order valence-corrected chi connectivity index (χ1v) is 11.5. The molecule has 0 aromatic heterocycles. The minimum atomic E-state index is -3.69. The van der Waals surface area contributed by atoms with Crippen LogP contribution in [0.2, 0.25) is 5.02 Å². The summed E-state index contributed by atoms with van der Waals surface area (Å²) < 4.78 is 37.9. The Morgan fingerprint density at radius 3 is 2.63 bits per heavy atom. The molecule has 1 aliphatic rings. The fourth-order valence-electron chi connectivity index (χ4n) is 3.15. The van der Waals surface area contributed by atoms with Crippen LogP contribution in [-0.2, 0) is 26.2 Å². The number of benzene rings is 2. The van der Waals surface area contributed by atoms with E-state index in [0.29, 0.717) is 24.5 Å². The van der Waals surface area contributed by atoms with Crippen molar-refractivity contribution in [2.75, 3.05) is 25.5 Å². The zero-order valence-corrected chi connectivity index (χ0v) is 18.5. The summed E-state index contributed by atoms with van der Waals surface area (Å²) >= 11 is 6.15. The molecule has 1 amide bonds. The van der Waals surface area contributed by atoms with Crippen molar-refractivity contribution < 1.29 is 22.7 Å². The standard InChI is InChI=1S/C21H25ClN2O5S/c1-15(29-14-16-6-5-7-18(12-16)28-2)21(25)23-17-8-9-19(22)20(13-17)30(26,27)24-10-3-4-11-24/h5-9,12-13,15H,3-4,10-11,14H2,1-2H3,(H,23,25). The summed E-state index contributed by atoms with van der Waals surface area (Å²) in [7, 11) is -2.11. The highest BCUT2D eigenvalue weighted by Crippen LogP contribution is 2.29. The lowest BCUT2D eigenvalue weighted by Crippen LogP contribution is -2.29. The molecule has 0 aliphatic carbocycles. The quantitative estimate of drug-likeness (QED) is 0.660. The molecular weight excluding hydrogens is 428 g/mol. The summed E-state index contributed by atoms with van der Waals surface area (Å²) in [6.45, 7) is 2.82. The Bertz CT molecular complexity index is 1010. The summed E-state index contributed by atoms with van der Waals surface area (Å²) in [4.78, 5) is 12.5. The van der Waals surface area contributed by atoms with Crippen LogP contribution >= 0.6 is 11.6 Å². The lowest BCUT2D eigenvalue weighted by molar-refractivity contribution is -0.127. The fraction of sp³-hybridized carbons (Fsp3) is 0.381. The monoisotopic (exact) mass is 452 g/mol. The molecule has 1 unspecified atom stereocenters. The van der Waals surface area contributed by atoms with Crippen LogP contribution < -0.4 is 10.1 Å². The number of amides is 1. The molecule has 0 radical (unpaired) electrons. The van der Waals surface area contributed by atoms with Gasteiger partial charge in [-0.1, -0.05) is 23.7 Å². The van der Waals surface area contributed by atoms with Gasteiger partial charge < -0.3 is 14.8 Å². The van der Waals surface area contributed by atoms with Crippen molar-refractivity contribution in [1.29, 1.82) is 0 Å². The van der Waals surface area contributed by atoms with E-state index in [9.17, 15) is 13.2 Å². The fourth-order valence-corrected chi connectivity index (χ4v) is 5.17. The smallest absolute Gasteiger partial charge is 0.253 e. The van der Waals surface area contributed by atoms with Gasteiger partial charge in [-0.2, -0.15) is 4.31 Å². The van der Waals surface area contributed by atoms with Crippen LogP contribution in [0.5, 0.6) is 5.75 Å². The molecule has 2 aromatic carbocycles. The van der Waals surface area contributed by atoms with Crippen molar-refractivity contribution in [1.82, 2.24) is 4.31 Å². The maximum Gasteiger partial charge on any atom is 0.253 e. The van der Waals surface area contributed by atoms with E-state index in [1.807, 2.05) is 24.3 Å². The second-order valence-electron chi connectivity index (χ2n) is 7.05. The van der Waals surface area contributed by atoms with Gasteiger partial charge in [0.15, 0.2) is 0 Å². The molecule has 7 nitrogen and oxygen atoms in total. The first kappa shape index (κ1) is 22.6. The number of hydrogen-bond donors (Lipinski definition) is 1. The van der Waals surface area contributed by atoms with E-state index in [-0.39, 0.29) is 22.4 Å². The normalized spacial score (nSPS) is 15.7. The van der Waals surface area contributed by atoms with Crippen molar-refractivity contribution in [3.05, 3.63) is 53.1 Å². The van der Waals surface area contributed by atoms with Crippen LogP contribution in [0.15, 0.2) is 47.4 Å². The third-order valence-corrected chi connectivity index (χ3v) is 7.27. The molecule has 0 spiro atoms. The largest absolute Gasteiger partial charge is 0.497 e. The maximum atomic E-state index is 12.8. The number of nitrogens with one attached hydrogen (secondary N) is 1. The van der Waals surface area contributed by atoms with E-state index in [1.54, 1.807) is 20.1 Å². The lowest BCUT2D eigenvalue weighted by atomic mass is 10.2. The lowest BCUT2D eigenvalue weighted by Gasteiger charge is -2.18. The summed E-state index contributed by atoms with van der Waals surface area (Å²) in [5, 5.41) is 2.83. The molecule has 3 rings (SSSR count). The van der Waals surface area contributed by atoms with Crippen molar-refractivity contribution in [2.24, 2.45) is 0 Å². The van der Waals surface area contributed by atoms with Gasteiger partial charge in [0.1, 0.15) is 16.7 Å². The number of ether oxygens (including phenoxy) is 2. The number of sulfonamides is 1. The van der Waals surface area contributed by atoms with E-state index in [2.05, 4.69) is 5.32 Å². The van der Waals surface area contributed by atoms with Gasteiger partial charge in [-0.3, -0.25) is 4.79 Å². The number of nitrogens with zero attached hydrogens (tertiary/aromatic N) is 1. The summed E-state index contributed by atoms with van der Waals surface area (Å²) in [5.41, 5.74) is 1.22. The molecule has 1 heterocycles. The third-order valence-electron chi connectivity index (χ3n) is 4.88. The number of carbonyl (C=O) groups is 1. The SMILES string of the molecule is COc1cccc(COC(C)C(=O)Nc2ccc(Cl)c(S(=O)(=O)N3CCCC3)c2)c1. The van der Waals surface area contributed by atoms with E-state index >= 15 is 0 Å². The topological polar surface area (TPSA) is 84.9 Å². The van der Waals surface area contributed by atoms with Gasteiger partial charge in [0.25, 0.3) is 5.91 Å². The van der Waals surface area contributed by atoms with Gasteiger partial charge in [0.2, 0.25) is 10.0 Å². The van der Waals surface area contributed by atoms with Crippen LogP contribution in [0.4, 0.5) is 5.69 Å². The Hall–Kier alpha value is -2.13. The molecule has 2 aromatic rings. The van der Waals surface area contributed by atoms with Crippen LogP contribution in [0.3, 0.4) is 0 Å². The molecule has 1 N–H and O–H groups in total. The number of anilines is 1. The van der Waals surface area contributed by atoms with Gasteiger partial charge >= 0.3 is 0 Å². The van der Waals surface area contributed by atoms with Gasteiger partial charge in [-0.05, 0) is 55.7 Å². The van der Waals surface area contributed by atoms with E-state index in [4.69, 9.17) is 21.1 Å². The highest BCUT2D eigenvalue weighted by molar-refractivity contribution is 7.89. The molecule has 9 heteroatoms. The molecular formula is C21H25ClN2O5S. The van der Waals surface area contributed by atoms with E-state index < -0.39 is 16.1 Å². The first-order valence-electron chi connectivity index (χ1n) is 9.66. The van der Waals surface area contributed by atoms with Gasteiger partial charge in [0.05, 0.1) is 18.7 Å². The Kier molecular flexibility index (Phi) is 7.36. The summed E-state index contributed by atoms with van der Waals surface area (Å²) in [6.07, 6.45) is 0.913. The van der Waals surface area contributed by atoms with Crippen LogP contribution in [0.25, 0.3) is 0 Å². The summed E-state index contributed by atoms with van der Waals surface area (Å²) in [5.74, 6) is 0.325. The predicted molar refractivity (Wildman–Crippen MR) is 115 cm³/mol. The molecule has 0 saturated carbocycles. The molecule has 30 heavy (non-hydrogen) atoms. The van der Waals surface area contributed by atoms with Crippen LogP contribution in [0, 0.1) is 0 Å². The minimum Gasteiger partial charge on any atom is -0.497 e. The van der Waals surface area contributed by atoms with Crippen molar-refractivity contribution in [3.8, 4) is 5.75 Å². The number of rotatable bonds is 8. The Labute approximate surface area is 182 Å². The second kappa shape index (κ2) is 9.78. The Balaban J connectivity index is 1.65. The maximum absolute atomic E-state index is 12.8. The zero-order valence-electron chi connectivity index (χ0n) is 16.9. The first-order chi connectivity index (χ1) is 14.3. The van der Waals surface area contributed by atoms with E-state index in [0.717, 1.165) is 18.4 Å². The van der Waals surface area contributed by atoms with Gasteiger partial charge in [-0.15, -0.1) is 0 Å². The molecule has 0 bridgehead atoms. The molecule has 1 saturated heterocycles. The number of hydrogen-bond acceptors (Lipinski definition) is 5. The zero-order chi connectivity index (χ0) is 21.7. The summed E-state index contributed by atoms with van der Waals surface area (Å²) in [6, 6.07) is 11.8. The van der Waals surface area contributed by atoms with Crippen molar-refractivity contribution in [3.63, 3.8) is 0 Å². The second-order valence-corrected chi connectivity index (χ2v) is 9.36. The Morgan fingerprint density at radius 2 is 1.93 bits per heavy atom. The van der Waals surface area contributed by atoms with Crippen LogP contribution in [-0.4, -0.2) is 44.9 Å². The minimum absolute atomic E-state index is 0.00572. The average Bonchev–Trinajstić information content (AvgIpc) is 3.29. The number of methoxy groups -OCH3 is 1. The highest BCUT2D eigenvalue weighted by Gasteiger charge is 2.29. The average molecular weight is 453 g/mol. The van der Waals surface area contributed by atoms with E-state index in [1.165, 1.54) is 16.4 Å². The molecule has 1 atom stereocenters. The number of carbonyl (C=O) groups excluding carboxylic acids is 1. The number of halogens is 1. The Morgan fingerprint density at radius 1 is 1.20 bits per heavy atom. The molecule has 1 aliphatic heterocycles.